The highest BCUT2D eigenvalue weighted by molar-refractivity contribution is 5.96. The molecule has 0 aliphatic carbocycles. The second-order valence-electron chi connectivity index (χ2n) is 7.95. The molecule has 158 valence electrons. The minimum absolute atomic E-state index is 0.0133. The third-order valence-electron chi connectivity index (χ3n) is 6.18. The third kappa shape index (κ3) is 3.99. The number of ether oxygens (including phenoxy) is 2. The maximum atomic E-state index is 13.0. The number of rotatable bonds is 6. The van der Waals surface area contributed by atoms with Gasteiger partial charge in [0.1, 0.15) is 0 Å². The summed E-state index contributed by atoms with van der Waals surface area (Å²) in [7, 11) is 3.23. The Kier molecular flexibility index (Phi) is 5.93. The van der Waals surface area contributed by atoms with Crippen molar-refractivity contribution in [1.82, 2.24) is 4.90 Å². The molecule has 0 radical (unpaired) electrons. The molecule has 0 spiro atoms. The van der Waals surface area contributed by atoms with E-state index >= 15 is 0 Å². The fourth-order valence-corrected chi connectivity index (χ4v) is 4.56. The lowest BCUT2D eigenvalue weighted by atomic mass is 9.89. The normalized spacial score (nSPS) is 20.5. The summed E-state index contributed by atoms with van der Waals surface area (Å²) in [4.78, 5) is 27.4. The van der Waals surface area contributed by atoms with Gasteiger partial charge in [0.25, 0.3) is 0 Å². The lowest BCUT2D eigenvalue weighted by molar-refractivity contribution is -0.132. The van der Waals surface area contributed by atoms with Crippen molar-refractivity contribution < 1.29 is 19.1 Å². The first-order valence-corrected chi connectivity index (χ1v) is 10.5. The number of likely N-dealkylation sites (tertiary alicyclic amines) is 1. The lowest BCUT2D eigenvalue weighted by Gasteiger charge is -2.28. The van der Waals surface area contributed by atoms with Crippen LogP contribution in [0.4, 0.5) is 5.69 Å². The largest absolute Gasteiger partial charge is 0.493 e. The van der Waals surface area contributed by atoms with E-state index in [0.29, 0.717) is 30.8 Å². The molecule has 1 fully saturated rings. The zero-order valence-electron chi connectivity index (χ0n) is 17.5. The van der Waals surface area contributed by atoms with Gasteiger partial charge < -0.3 is 19.7 Å². The second kappa shape index (κ2) is 8.78. The summed E-state index contributed by atoms with van der Waals surface area (Å²) < 4.78 is 10.8. The van der Waals surface area contributed by atoms with Gasteiger partial charge in [-0.25, -0.2) is 0 Å². The summed E-state index contributed by atoms with van der Waals surface area (Å²) in [6.45, 7) is 0.748. The lowest BCUT2D eigenvalue weighted by Crippen LogP contribution is -2.33. The quantitative estimate of drug-likeness (QED) is 0.786. The summed E-state index contributed by atoms with van der Waals surface area (Å²) >= 11 is 0. The fourth-order valence-electron chi connectivity index (χ4n) is 4.56. The first-order chi connectivity index (χ1) is 14.6. The number of nitrogens with zero attached hydrogens (tertiary/aromatic N) is 1. The fraction of sp³-hybridized carbons (Fsp3) is 0.417. The number of benzene rings is 2. The first-order valence-electron chi connectivity index (χ1n) is 10.5. The number of carbonyl (C=O) groups excluding carboxylic acids is 2. The van der Waals surface area contributed by atoms with Crippen LogP contribution in [0.5, 0.6) is 11.5 Å². The van der Waals surface area contributed by atoms with Crippen molar-refractivity contribution in [3.63, 3.8) is 0 Å². The summed E-state index contributed by atoms with van der Waals surface area (Å²) in [5, 5.41) is 2.97. The van der Waals surface area contributed by atoms with Crippen molar-refractivity contribution in [1.29, 1.82) is 0 Å². The molecule has 0 aromatic heterocycles. The van der Waals surface area contributed by atoms with Gasteiger partial charge in [-0.2, -0.15) is 0 Å². The number of fused-ring (bicyclic) bond motifs is 1. The second-order valence-corrected chi connectivity index (χ2v) is 7.95. The number of nitrogens with one attached hydrogen (secondary N) is 1. The molecule has 2 aromatic carbocycles. The van der Waals surface area contributed by atoms with Gasteiger partial charge in [-0.15, -0.1) is 0 Å². The molecule has 2 amide bonds. The molecule has 6 heteroatoms. The van der Waals surface area contributed by atoms with Crippen molar-refractivity contribution >= 4 is 17.5 Å². The number of anilines is 1. The van der Waals surface area contributed by atoms with Gasteiger partial charge in [0.2, 0.25) is 11.8 Å². The number of hydrogen-bond donors (Lipinski definition) is 1. The molecule has 6 nitrogen and oxygen atoms in total. The van der Waals surface area contributed by atoms with Gasteiger partial charge in [-0.3, -0.25) is 9.59 Å². The molecule has 2 heterocycles. The molecule has 1 saturated heterocycles. The predicted molar refractivity (Wildman–Crippen MR) is 115 cm³/mol. The van der Waals surface area contributed by atoms with E-state index < -0.39 is 0 Å². The van der Waals surface area contributed by atoms with Gasteiger partial charge in [0.15, 0.2) is 11.5 Å². The standard InChI is InChI=1S/C24H28N2O4/c1-29-21-11-9-17(15-22(21)30-2)20-8-5-13-26(20)23(27)12-10-18-14-16-6-3-4-7-19(16)25-24(18)28/h3-4,6-7,9,11,15,18,20H,5,8,10,12-14H2,1-2H3,(H,25,28). The predicted octanol–water partition coefficient (Wildman–Crippen LogP) is 3.96. The molecular formula is C24H28N2O4. The van der Waals surface area contributed by atoms with Gasteiger partial charge in [0, 0.05) is 24.6 Å². The Bertz CT molecular complexity index is 943. The summed E-state index contributed by atoms with van der Waals surface area (Å²) in [6.07, 6.45) is 3.53. The Labute approximate surface area is 177 Å². The molecule has 1 N–H and O–H groups in total. The van der Waals surface area contributed by atoms with Crippen LogP contribution in [0.25, 0.3) is 0 Å². The molecule has 0 bridgehead atoms. The third-order valence-corrected chi connectivity index (χ3v) is 6.18. The topological polar surface area (TPSA) is 67.9 Å². The van der Waals surface area contributed by atoms with E-state index in [1.165, 1.54) is 0 Å². The maximum Gasteiger partial charge on any atom is 0.227 e. The van der Waals surface area contributed by atoms with E-state index in [-0.39, 0.29) is 23.8 Å². The molecule has 4 rings (SSSR count). The van der Waals surface area contributed by atoms with Crippen molar-refractivity contribution in [2.75, 3.05) is 26.1 Å². The highest BCUT2D eigenvalue weighted by atomic mass is 16.5. The van der Waals surface area contributed by atoms with E-state index in [4.69, 9.17) is 9.47 Å². The monoisotopic (exact) mass is 408 g/mol. The van der Waals surface area contributed by atoms with Crippen LogP contribution in [-0.2, 0) is 16.0 Å². The van der Waals surface area contributed by atoms with E-state index in [0.717, 1.165) is 36.2 Å². The van der Waals surface area contributed by atoms with Gasteiger partial charge in [-0.05, 0) is 55.0 Å². The number of carbonyl (C=O) groups is 2. The van der Waals surface area contributed by atoms with Crippen LogP contribution < -0.4 is 14.8 Å². The van der Waals surface area contributed by atoms with Crippen molar-refractivity contribution in [2.24, 2.45) is 5.92 Å². The Morgan fingerprint density at radius 1 is 1.13 bits per heavy atom. The van der Waals surface area contributed by atoms with Crippen molar-refractivity contribution in [2.45, 2.75) is 38.1 Å². The molecule has 0 saturated carbocycles. The highest BCUT2D eigenvalue weighted by Gasteiger charge is 2.32. The molecule has 30 heavy (non-hydrogen) atoms. The Morgan fingerprint density at radius 2 is 1.93 bits per heavy atom. The van der Waals surface area contributed by atoms with Gasteiger partial charge in [0.05, 0.1) is 20.3 Å². The average molecular weight is 408 g/mol. The van der Waals surface area contributed by atoms with E-state index in [1.807, 2.05) is 47.4 Å². The minimum Gasteiger partial charge on any atom is -0.493 e. The number of para-hydroxylation sites is 1. The zero-order valence-corrected chi connectivity index (χ0v) is 17.5. The molecule has 2 aliphatic heterocycles. The highest BCUT2D eigenvalue weighted by Crippen LogP contribution is 2.37. The molecule has 2 atom stereocenters. The molecular weight excluding hydrogens is 380 g/mol. The molecule has 2 aliphatic rings. The van der Waals surface area contributed by atoms with Gasteiger partial charge in [-0.1, -0.05) is 24.3 Å². The van der Waals surface area contributed by atoms with Crippen LogP contribution >= 0.6 is 0 Å². The number of methoxy groups -OCH3 is 2. The maximum absolute atomic E-state index is 13.0. The van der Waals surface area contributed by atoms with Crippen molar-refractivity contribution in [3.05, 3.63) is 53.6 Å². The summed E-state index contributed by atoms with van der Waals surface area (Å²) in [5.41, 5.74) is 3.08. The summed E-state index contributed by atoms with van der Waals surface area (Å²) in [6, 6.07) is 13.8. The van der Waals surface area contributed by atoms with Crippen LogP contribution in [-0.4, -0.2) is 37.5 Å². The zero-order chi connectivity index (χ0) is 21.1. The van der Waals surface area contributed by atoms with Crippen molar-refractivity contribution in [3.8, 4) is 11.5 Å². The smallest absolute Gasteiger partial charge is 0.227 e. The average Bonchev–Trinajstić information content (AvgIpc) is 3.27. The van der Waals surface area contributed by atoms with Crippen LogP contribution in [0, 0.1) is 5.92 Å². The Hall–Kier alpha value is -3.02. The van der Waals surface area contributed by atoms with E-state index in [9.17, 15) is 9.59 Å². The number of amides is 2. The van der Waals surface area contributed by atoms with Gasteiger partial charge >= 0.3 is 0 Å². The summed E-state index contributed by atoms with van der Waals surface area (Å²) in [5.74, 6) is 1.32. The van der Waals surface area contributed by atoms with E-state index in [2.05, 4.69) is 5.32 Å². The number of hydrogen-bond acceptors (Lipinski definition) is 4. The Balaban J connectivity index is 1.41. The van der Waals surface area contributed by atoms with E-state index in [1.54, 1.807) is 14.2 Å². The SMILES string of the molecule is COc1ccc(C2CCCN2C(=O)CCC2Cc3ccccc3NC2=O)cc1OC. The molecule has 2 aromatic rings. The first kappa shape index (κ1) is 20.3. The van der Waals surface area contributed by atoms with Crippen LogP contribution in [0.15, 0.2) is 42.5 Å². The van der Waals surface area contributed by atoms with Crippen LogP contribution in [0.3, 0.4) is 0 Å². The Morgan fingerprint density at radius 3 is 2.73 bits per heavy atom. The minimum atomic E-state index is -0.161. The van der Waals surface area contributed by atoms with Crippen LogP contribution in [0.2, 0.25) is 0 Å². The molecule has 2 unspecified atom stereocenters. The van der Waals surface area contributed by atoms with Crippen LogP contribution in [0.1, 0.15) is 42.9 Å².